The predicted molar refractivity (Wildman–Crippen MR) is 145 cm³/mol. The van der Waals surface area contributed by atoms with Gasteiger partial charge in [0.15, 0.2) is 0 Å². The highest BCUT2D eigenvalue weighted by molar-refractivity contribution is 6.35. The summed E-state index contributed by atoms with van der Waals surface area (Å²) in [6, 6.07) is 24.8. The van der Waals surface area contributed by atoms with Crippen molar-refractivity contribution in [3.05, 3.63) is 117 Å². The van der Waals surface area contributed by atoms with Gasteiger partial charge in [0, 0.05) is 48.3 Å². The standard InChI is InChI=1S/C28H26Cl2N4O2/c29-24-12-7-13-25(30)23(24)19-32-14-16-33(17-15-32)26-18-31-34(22-10-5-2-6-11-22)28(35)27(26)36-20-21-8-3-1-4-9-21/h1-13,18H,14-17,19-20H2. The number of rotatable bonds is 7. The Bertz CT molecular complexity index is 1350. The van der Waals surface area contributed by atoms with E-state index in [1.807, 2.05) is 78.9 Å². The predicted octanol–water partition coefficient (Wildman–Crippen LogP) is 5.44. The maximum absolute atomic E-state index is 13.5. The van der Waals surface area contributed by atoms with Crippen molar-refractivity contribution in [1.29, 1.82) is 0 Å². The van der Waals surface area contributed by atoms with Crippen LogP contribution < -0.4 is 15.2 Å². The van der Waals surface area contributed by atoms with Gasteiger partial charge in [-0.15, -0.1) is 0 Å². The van der Waals surface area contributed by atoms with E-state index in [0.29, 0.717) is 40.3 Å². The smallest absolute Gasteiger partial charge is 0.316 e. The molecule has 0 N–H and O–H groups in total. The molecule has 1 aliphatic rings. The molecule has 1 aliphatic heterocycles. The molecule has 0 amide bonds. The Morgan fingerprint density at radius 1 is 0.806 bits per heavy atom. The molecule has 0 unspecified atom stereocenters. The monoisotopic (exact) mass is 520 g/mol. The summed E-state index contributed by atoms with van der Waals surface area (Å²) in [5, 5.41) is 5.84. The number of hydrogen-bond donors (Lipinski definition) is 0. The van der Waals surface area contributed by atoms with Crippen LogP contribution in [0, 0.1) is 0 Å². The van der Waals surface area contributed by atoms with Crippen molar-refractivity contribution in [2.75, 3.05) is 31.1 Å². The van der Waals surface area contributed by atoms with Gasteiger partial charge >= 0.3 is 5.56 Å². The van der Waals surface area contributed by atoms with Crippen LogP contribution in [0.1, 0.15) is 11.1 Å². The first kappa shape index (κ1) is 24.4. The average molecular weight is 521 g/mol. The number of para-hydroxylation sites is 1. The number of benzene rings is 3. The van der Waals surface area contributed by atoms with Gasteiger partial charge in [-0.3, -0.25) is 9.69 Å². The Morgan fingerprint density at radius 2 is 1.44 bits per heavy atom. The number of hydrogen-bond acceptors (Lipinski definition) is 5. The van der Waals surface area contributed by atoms with Crippen LogP contribution in [0.2, 0.25) is 10.0 Å². The molecule has 1 aromatic heterocycles. The Labute approximate surface area is 220 Å². The fourth-order valence-electron chi connectivity index (χ4n) is 4.33. The van der Waals surface area contributed by atoms with Gasteiger partial charge in [-0.05, 0) is 29.8 Å². The van der Waals surface area contributed by atoms with Crippen molar-refractivity contribution in [2.24, 2.45) is 0 Å². The van der Waals surface area contributed by atoms with Crippen LogP contribution in [-0.4, -0.2) is 40.9 Å². The molecule has 184 valence electrons. The molecule has 0 aliphatic carbocycles. The molecule has 0 bridgehead atoms. The Morgan fingerprint density at radius 3 is 2.11 bits per heavy atom. The third-order valence-electron chi connectivity index (χ3n) is 6.30. The number of ether oxygens (including phenoxy) is 1. The average Bonchev–Trinajstić information content (AvgIpc) is 2.91. The lowest BCUT2D eigenvalue weighted by molar-refractivity contribution is 0.247. The molecular weight excluding hydrogens is 495 g/mol. The lowest BCUT2D eigenvalue weighted by Crippen LogP contribution is -2.46. The third kappa shape index (κ3) is 5.41. The summed E-state index contributed by atoms with van der Waals surface area (Å²) in [6.45, 7) is 4.01. The topological polar surface area (TPSA) is 50.6 Å². The fraction of sp³-hybridized carbons (Fsp3) is 0.214. The summed E-state index contributed by atoms with van der Waals surface area (Å²) < 4.78 is 7.55. The molecule has 0 spiro atoms. The van der Waals surface area contributed by atoms with Gasteiger partial charge in [-0.25, -0.2) is 0 Å². The van der Waals surface area contributed by atoms with Crippen molar-refractivity contribution < 1.29 is 4.74 Å². The zero-order chi connectivity index (χ0) is 24.9. The highest BCUT2D eigenvalue weighted by Crippen LogP contribution is 2.29. The van der Waals surface area contributed by atoms with E-state index in [4.69, 9.17) is 27.9 Å². The fourth-order valence-corrected chi connectivity index (χ4v) is 4.84. The van der Waals surface area contributed by atoms with Gasteiger partial charge in [0.05, 0.1) is 11.9 Å². The molecule has 36 heavy (non-hydrogen) atoms. The van der Waals surface area contributed by atoms with Crippen LogP contribution >= 0.6 is 23.2 Å². The van der Waals surface area contributed by atoms with Crippen LogP contribution in [0.15, 0.2) is 89.9 Å². The van der Waals surface area contributed by atoms with Crippen LogP contribution in [0.3, 0.4) is 0 Å². The zero-order valence-corrected chi connectivity index (χ0v) is 21.2. The summed E-state index contributed by atoms with van der Waals surface area (Å²) >= 11 is 12.8. The first-order valence-electron chi connectivity index (χ1n) is 11.8. The molecule has 1 saturated heterocycles. The van der Waals surface area contributed by atoms with Crippen LogP contribution in [-0.2, 0) is 13.2 Å². The van der Waals surface area contributed by atoms with Gasteiger partial charge in [0.1, 0.15) is 12.3 Å². The molecule has 0 atom stereocenters. The molecule has 0 saturated carbocycles. The highest BCUT2D eigenvalue weighted by atomic mass is 35.5. The molecule has 4 aromatic rings. The first-order chi connectivity index (χ1) is 17.6. The van der Waals surface area contributed by atoms with E-state index < -0.39 is 0 Å². The summed E-state index contributed by atoms with van der Waals surface area (Å²) in [6.07, 6.45) is 1.73. The number of aromatic nitrogens is 2. The zero-order valence-electron chi connectivity index (χ0n) is 19.7. The lowest BCUT2D eigenvalue weighted by Gasteiger charge is -2.36. The number of piperazine rings is 1. The second kappa shape index (κ2) is 11.2. The normalized spacial score (nSPS) is 14.1. The Balaban J connectivity index is 1.38. The molecule has 0 radical (unpaired) electrons. The molecule has 3 aromatic carbocycles. The van der Waals surface area contributed by atoms with E-state index in [2.05, 4.69) is 14.9 Å². The van der Waals surface area contributed by atoms with Gasteiger partial charge < -0.3 is 9.64 Å². The number of anilines is 1. The second-order valence-electron chi connectivity index (χ2n) is 8.65. The second-order valence-corrected chi connectivity index (χ2v) is 9.46. The maximum Gasteiger partial charge on any atom is 0.316 e. The summed E-state index contributed by atoms with van der Waals surface area (Å²) in [4.78, 5) is 18.0. The van der Waals surface area contributed by atoms with Crippen molar-refractivity contribution in [1.82, 2.24) is 14.7 Å². The molecule has 1 fully saturated rings. The highest BCUT2D eigenvalue weighted by Gasteiger charge is 2.24. The minimum atomic E-state index is -0.278. The summed E-state index contributed by atoms with van der Waals surface area (Å²) in [5.41, 5.74) is 3.05. The Hall–Kier alpha value is -3.32. The summed E-state index contributed by atoms with van der Waals surface area (Å²) in [5.74, 6) is 0.306. The maximum atomic E-state index is 13.5. The van der Waals surface area contributed by atoms with Crippen molar-refractivity contribution >= 4 is 28.9 Å². The molecule has 6 nitrogen and oxygen atoms in total. The quantitative estimate of drug-likeness (QED) is 0.324. The van der Waals surface area contributed by atoms with E-state index in [1.165, 1.54) is 4.68 Å². The van der Waals surface area contributed by atoms with E-state index in [0.717, 1.165) is 37.3 Å². The van der Waals surface area contributed by atoms with Crippen molar-refractivity contribution in [3.63, 3.8) is 0 Å². The van der Waals surface area contributed by atoms with Crippen LogP contribution in [0.25, 0.3) is 5.69 Å². The van der Waals surface area contributed by atoms with Gasteiger partial charge in [0.2, 0.25) is 5.75 Å². The van der Waals surface area contributed by atoms with Crippen LogP contribution in [0.4, 0.5) is 5.69 Å². The number of nitrogens with zero attached hydrogens (tertiary/aromatic N) is 4. The minimum absolute atomic E-state index is 0.278. The van der Waals surface area contributed by atoms with Crippen LogP contribution in [0.5, 0.6) is 5.75 Å². The van der Waals surface area contributed by atoms with Gasteiger partial charge in [-0.1, -0.05) is 77.8 Å². The third-order valence-corrected chi connectivity index (χ3v) is 7.01. The Kier molecular flexibility index (Phi) is 7.56. The first-order valence-corrected chi connectivity index (χ1v) is 12.6. The van der Waals surface area contributed by atoms with E-state index >= 15 is 0 Å². The molecule has 8 heteroatoms. The van der Waals surface area contributed by atoms with E-state index in [1.54, 1.807) is 6.20 Å². The van der Waals surface area contributed by atoms with E-state index in [-0.39, 0.29) is 5.56 Å². The molecular formula is C28H26Cl2N4O2. The number of halogens is 2. The minimum Gasteiger partial charge on any atom is -0.481 e. The largest absolute Gasteiger partial charge is 0.481 e. The molecule has 5 rings (SSSR count). The summed E-state index contributed by atoms with van der Waals surface area (Å²) in [7, 11) is 0. The van der Waals surface area contributed by atoms with E-state index in [9.17, 15) is 4.79 Å². The lowest BCUT2D eigenvalue weighted by atomic mass is 10.2. The van der Waals surface area contributed by atoms with Crippen molar-refractivity contribution in [2.45, 2.75) is 13.2 Å². The van der Waals surface area contributed by atoms with Crippen molar-refractivity contribution in [3.8, 4) is 11.4 Å². The SMILES string of the molecule is O=c1c(OCc2ccccc2)c(N2CCN(Cc3c(Cl)cccc3Cl)CC2)cnn1-c1ccccc1. The molecule has 2 heterocycles. The van der Waals surface area contributed by atoms with Gasteiger partial charge in [0.25, 0.3) is 0 Å². The van der Waals surface area contributed by atoms with Gasteiger partial charge in [-0.2, -0.15) is 9.78 Å².